The number of oxime groups is 1. The Labute approximate surface area is 114 Å². The first-order valence-electron chi connectivity index (χ1n) is 5.55. The molecule has 1 aromatic rings. The SMILES string of the molecule is CC(=O)ON=C(C[S+](C)C)C(=O)Oc1ccccc1. The summed E-state index contributed by atoms with van der Waals surface area (Å²) in [5.41, 5.74) is 0.104. The van der Waals surface area contributed by atoms with Gasteiger partial charge in [-0.3, -0.25) is 0 Å². The molecule has 0 N–H and O–H groups in total. The van der Waals surface area contributed by atoms with E-state index in [2.05, 4.69) is 9.99 Å². The zero-order valence-corrected chi connectivity index (χ0v) is 11.9. The summed E-state index contributed by atoms with van der Waals surface area (Å²) in [4.78, 5) is 27.2. The Morgan fingerprint density at radius 3 is 2.37 bits per heavy atom. The first-order valence-corrected chi connectivity index (χ1v) is 7.76. The summed E-state index contributed by atoms with van der Waals surface area (Å²) in [6.07, 6.45) is 3.91. The minimum atomic E-state index is -0.603. The molecule has 19 heavy (non-hydrogen) atoms. The second-order valence-electron chi connectivity index (χ2n) is 3.95. The molecule has 0 bridgehead atoms. The number of carbonyl (C=O) groups is 2. The lowest BCUT2D eigenvalue weighted by Crippen LogP contribution is -2.28. The zero-order chi connectivity index (χ0) is 14.3. The molecule has 0 atom stereocenters. The van der Waals surface area contributed by atoms with E-state index in [0.717, 1.165) is 0 Å². The zero-order valence-electron chi connectivity index (χ0n) is 11.1. The molecule has 0 saturated heterocycles. The molecule has 0 aliphatic heterocycles. The van der Waals surface area contributed by atoms with Gasteiger partial charge in [-0.05, 0) is 23.0 Å². The van der Waals surface area contributed by atoms with Crippen LogP contribution in [-0.4, -0.2) is 35.9 Å². The van der Waals surface area contributed by atoms with Crippen molar-refractivity contribution in [2.24, 2.45) is 5.16 Å². The summed E-state index contributed by atoms with van der Waals surface area (Å²) >= 11 is 0. The van der Waals surface area contributed by atoms with Crippen molar-refractivity contribution >= 4 is 28.5 Å². The van der Waals surface area contributed by atoms with Crippen molar-refractivity contribution in [3.63, 3.8) is 0 Å². The van der Waals surface area contributed by atoms with Crippen LogP contribution in [0.25, 0.3) is 0 Å². The second kappa shape index (κ2) is 7.58. The minimum absolute atomic E-state index is 0.0618. The maximum atomic E-state index is 11.9. The molecule has 0 radical (unpaired) electrons. The second-order valence-corrected chi connectivity index (χ2v) is 6.21. The van der Waals surface area contributed by atoms with Crippen LogP contribution in [0.15, 0.2) is 35.5 Å². The van der Waals surface area contributed by atoms with Gasteiger partial charge in [-0.1, -0.05) is 23.4 Å². The maximum Gasteiger partial charge on any atom is 0.366 e. The molecule has 0 aromatic heterocycles. The molecule has 0 heterocycles. The van der Waals surface area contributed by atoms with E-state index in [4.69, 9.17) is 4.74 Å². The average Bonchev–Trinajstić information content (AvgIpc) is 2.35. The van der Waals surface area contributed by atoms with Crippen LogP contribution in [0.1, 0.15) is 6.92 Å². The summed E-state index contributed by atoms with van der Waals surface area (Å²) in [5, 5.41) is 3.56. The molecule has 5 nitrogen and oxygen atoms in total. The summed E-state index contributed by atoms with van der Waals surface area (Å²) in [5.74, 6) is -0.347. The number of hydrogen-bond donors (Lipinski definition) is 0. The Kier molecular flexibility index (Phi) is 6.08. The van der Waals surface area contributed by atoms with Gasteiger partial charge in [0.2, 0.25) is 5.71 Å². The fraction of sp³-hybridized carbons (Fsp3) is 0.308. The van der Waals surface area contributed by atoms with E-state index in [0.29, 0.717) is 11.5 Å². The number of benzene rings is 1. The van der Waals surface area contributed by atoms with Gasteiger partial charge in [0.15, 0.2) is 5.75 Å². The van der Waals surface area contributed by atoms with Gasteiger partial charge in [0.05, 0.1) is 12.5 Å². The van der Waals surface area contributed by atoms with E-state index in [-0.39, 0.29) is 16.6 Å². The fourth-order valence-corrected chi connectivity index (χ4v) is 1.89. The lowest BCUT2D eigenvalue weighted by atomic mass is 10.3. The molecule has 1 rings (SSSR count). The molecular weight excluding hydrogens is 266 g/mol. The summed E-state index contributed by atoms with van der Waals surface area (Å²) < 4.78 is 5.15. The third-order valence-electron chi connectivity index (χ3n) is 1.90. The molecule has 0 aliphatic carbocycles. The molecule has 0 aliphatic rings. The number of carbonyl (C=O) groups excluding carboxylic acids is 2. The number of para-hydroxylation sites is 1. The van der Waals surface area contributed by atoms with Gasteiger partial charge in [0, 0.05) is 6.92 Å². The van der Waals surface area contributed by atoms with E-state index in [9.17, 15) is 9.59 Å². The highest BCUT2D eigenvalue weighted by Crippen LogP contribution is 2.09. The van der Waals surface area contributed by atoms with Gasteiger partial charge >= 0.3 is 11.9 Å². The van der Waals surface area contributed by atoms with E-state index >= 15 is 0 Å². The Balaban J connectivity index is 2.76. The normalized spacial score (nSPS) is 11.3. The van der Waals surface area contributed by atoms with Crippen molar-refractivity contribution in [1.82, 2.24) is 0 Å². The first kappa shape index (κ1) is 15.2. The third kappa shape index (κ3) is 6.05. The Bertz CT molecular complexity index is 471. The number of ether oxygens (including phenoxy) is 1. The fourth-order valence-electron chi connectivity index (χ4n) is 1.17. The van der Waals surface area contributed by atoms with Crippen LogP contribution in [0.3, 0.4) is 0 Å². The van der Waals surface area contributed by atoms with Crippen molar-refractivity contribution in [1.29, 1.82) is 0 Å². The summed E-state index contributed by atoms with van der Waals surface area (Å²) in [7, 11) is -0.0618. The van der Waals surface area contributed by atoms with Gasteiger partial charge < -0.3 is 9.57 Å². The van der Waals surface area contributed by atoms with Crippen molar-refractivity contribution < 1.29 is 19.2 Å². The van der Waals surface area contributed by atoms with Crippen LogP contribution < -0.4 is 4.74 Å². The molecule has 0 spiro atoms. The van der Waals surface area contributed by atoms with Crippen LogP contribution in [0, 0.1) is 0 Å². The topological polar surface area (TPSA) is 65.0 Å². The number of nitrogens with zero attached hydrogens (tertiary/aromatic N) is 1. The van der Waals surface area contributed by atoms with Crippen molar-refractivity contribution in [2.45, 2.75) is 6.92 Å². The Morgan fingerprint density at radius 2 is 1.84 bits per heavy atom. The number of rotatable bonds is 5. The Morgan fingerprint density at radius 1 is 1.21 bits per heavy atom. The maximum absolute atomic E-state index is 11.9. The largest absolute Gasteiger partial charge is 0.422 e. The molecular formula is C13H16NO4S+. The van der Waals surface area contributed by atoms with Gasteiger partial charge in [-0.2, -0.15) is 0 Å². The predicted molar refractivity (Wildman–Crippen MR) is 75.4 cm³/mol. The molecule has 0 saturated carbocycles. The van der Waals surface area contributed by atoms with Gasteiger partial charge in [0.1, 0.15) is 5.75 Å². The number of esters is 1. The molecule has 0 unspecified atom stereocenters. The van der Waals surface area contributed by atoms with E-state index in [1.165, 1.54) is 6.92 Å². The van der Waals surface area contributed by atoms with Crippen molar-refractivity contribution in [3.8, 4) is 5.75 Å². The number of hydrogen-bond acceptors (Lipinski definition) is 5. The van der Waals surface area contributed by atoms with Crippen LogP contribution >= 0.6 is 0 Å². The van der Waals surface area contributed by atoms with E-state index < -0.39 is 11.9 Å². The van der Waals surface area contributed by atoms with Crippen LogP contribution in [-0.2, 0) is 25.3 Å². The smallest absolute Gasteiger partial charge is 0.366 e. The highest BCUT2D eigenvalue weighted by Gasteiger charge is 2.22. The predicted octanol–water partition coefficient (Wildman–Crippen LogP) is 1.39. The minimum Gasteiger partial charge on any atom is -0.422 e. The van der Waals surface area contributed by atoms with Gasteiger partial charge in [0.25, 0.3) is 0 Å². The van der Waals surface area contributed by atoms with Crippen molar-refractivity contribution in [2.75, 3.05) is 18.3 Å². The summed E-state index contributed by atoms with van der Waals surface area (Å²) in [6.45, 7) is 1.22. The molecule has 0 amide bonds. The van der Waals surface area contributed by atoms with Crippen LogP contribution in [0.5, 0.6) is 5.75 Å². The quantitative estimate of drug-likeness (QED) is 0.204. The highest BCUT2D eigenvalue weighted by molar-refractivity contribution is 7.96. The highest BCUT2D eigenvalue weighted by atomic mass is 32.2. The summed E-state index contributed by atoms with van der Waals surface area (Å²) in [6, 6.07) is 8.67. The first-order chi connectivity index (χ1) is 8.99. The third-order valence-corrected chi connectivity index (χ3v) is 2.75. The Hall–Kier alpha value is -1.82. The van der Waals surface area contributed by atoms with Crippen LogP contribution in [0.4, 0.5) is 0 Å². The molecule has 0 fully saturated rings. The van der Waals surface area contributed by atoms with E-state index in [1.54, 1.807) is 24.3 Å². The average molecular weight is 282 g/mol. The molecule has 1 aromatic carbocycles. The monoisotopic (exact) mass is 282 g/mol. The van der Waals surface area contributed by atoms with E-state index in [1.807, 2.05) is 18.6 Å². The lowest BCUT2D eigenvalue weighted by Gasteiger charge is -2.05. The van der Waals surface area contributed by atoms with Crippen molar-refractivity contribution in [3.05, 3.63) is 30.3 Å². The molecule has 6 heteroatoms. The van der Waals surface area contributed by atoms with Crippen LogP contribution in [0.2, 0.25) is 0 Å². The lowest BCUT2D eigenvalue weighted by molar-refractivity contribution is -0.141. The standard InChI is InChI=1S/C13H16NO4S/c1-10(15)18-14-12(9-19(2)3)13(16)17-11-7-5-4-6-8-11/h4-8H,9H2,1-3H3/q+1. The van der Waals surface area contributed by atoms with Gasteiger partial charge in [-0.15, -0.1) is 0 Å². The van der Waals surface area contributed by atoms with Gasteiger partial charge in [-0.25, -0.2) is 9.59 Å². The molecule has 102 valence electrons.